The number of alkyl halides is 2. The van der Waals surface area contributed by atoms with Crippen molar-refractivity contribution in [2.24, 2.45) is 0 Å². The van der Waals surface area contributed by atoms with Gasteiger partial charge in [-0.3, -0.25) is 0 Å². The standard InChI is InChI=1S/C23H25F2N7O/c1-13-29-21-18(32(13)12-19(24)25)8-14(9-26-21)16-10-27-20-17(16)11-28-22(31-20)30-15-2-4-23(5-3-15)6-7-33-23/h8-11,15,19H,2-7,12H2,1H3,(H2,27,28,30,31)/t15-,23-. The average molecular weight is 453 g/mol. The Morgan fingerprint density at radius 2 is 2.03 bits per heavy atom. The zero-order valence-corrected chi connectivity index (χ0v) is 18.3. The summed E-state index contributed by atoms with van der Waals surface area (Å²) in [5.41, 5.74) is 3.57. The van der Waals surface area contributed by atoms with E-state index >= 15 is 0 Å². The Labute approximate surface area is 188 Å². The lowest BCUT2D eigenvalue weighted by Crippen LogP contribution is -2.48. The molecule has 10 heteroatoms. The van der Waals surface area contributed by atoms with E-state index in [-0.39, 0.29) is 5.60 Å². The summed E-state index contributed by atoms with van der Waals surface area (Å²) in [5, 5.41) is 4.32. The van der Waals surface area contributed by atoms with Crippen LogP contribution in [0.4, 0.5) is 14.7 Å². The van der Waals surface area contributed by atoms with Crippen LogP contribution >= 0.6 is 0 Å². The maximum atomic E-state index is 13.1. The topological polar surface area (TPSA) is 93.5 Å². The van der Waals surface area contributed by atoms with E-state index < -0.39 is 13.0 Å². The number of nitrogens with zero attached hydrogens (tertiary/aromatic N) is 5. The van der Waals surface area contributed by atoms with E-state index in [1.807, 2.05) is 12.3 Å². The summed E-state index contributed by atoms with van der Waals surface area (Å²) in [6, 6.07) is 2.19. The second-order valence-corrected chi connectivity index (χ2v) is 9.09. The minimum Gasteiger partial charge on any atom is -0.375 e. The van der Waals surface area contributed by atoms with E-state index in [1.54, 1.807) is 19.3 Å². The molecule has 4 aromatic heterocycles. The van der Waals surface area contributed by atoms with Gasteiger partial charge in [-0.1, -0.05) is 0 Å². The van der Waals surface area contributed by atoms with Gasteiger partial charge in [0.1, 0.15) is 11.5 Å². The highest BCUT2D eigenvalue weighted by atomic mass is 19.3. The minimum absolute atomic E-state index is 0.135. The molecule has 0 unspecified atom stereocenters. The Morgan fingerprint density at radius 1 is 1.21 bits per heavy atom. The number of imidazole rings is 1. The van der Waals surface area contributed by atoms with Crippen LogP contribution < -0.4 is 5.32 Å². The number of ether oxygens (including phenoxy) is 1. The lowest BCUT2D eigenvalue weighted by Gasteiger charge is -2.46. The number of aromatic nitrogens is 6. The third-order valence-electron chi connectivity index (χ3n) is 7.06. The molecule has 1 saturated carbocycles. The molecule has 0 amide bonds. The Balaban J connectivity index is 1.26. The number of hydrogen-bond acceptors (Lipinski definition) is 6. The molecule has 2 N–H and O–H groups in total. The van der Waals surface area contributed by atoms with Gasteiger partial charge in [-0.2, -0.15) is 4.98 Å². The number of H-pyrrole nitrogens is 1. The number of fused-ring (bicyclic) bond motifs is 2. The fraction of sp³-hybridized carbons (Fsp3) is 0.478. The number of hydrogen-bond donors (Lipinski definition) is 2. The molecule has 4 aromatic rings. The maximum Gasteiger partial charge on any atom is 0.256 e. The molecule has 1 saturated heterocycles. The molecular formula is C23H25F2N7O. The summed E-state index contributed by atoms with van der Waals surface area (Å²) in [6.45, 7) is 2.20. The Hall–Kier alpha value is -3.14. The molecule has 33 heavy (non-hydrogen) atoms. The number of rotatable bonds is 5. The first-order chi connectivity index (χ1) is 16.0. The normalized spacial score (nSPS) is 23.0. The van der Waals surface area contributed by atoms with Crippen LogP contribution in [0.5, 0.6) is 0 Å². The average Bonchev–Trinajstić information content (AvgIpc) is 3.33. The summed E-state index contributed by atoms with van der Waals surface area (Å²) >= 11 is 0. The summed E-state index contributed by atoms with van der Waals surface area (Å²) in [7, 11) is 0. The fourth-order valence-corrected chi connectivity index (χ4v) is 5.11. The van der Waals surface area contributed by atoms with E-state index in [4.69, 9.17) is 4.74 Å². The monoisotopic (exact) mass is 453 g/mol. The van der Waals surface area contributed by atoms with Crippen molar-refractivity contribution in [3.8, 4) is 11.1 Å². The SMILES string of the molecule is Cc1nc2ncc(-c3c[nH]c4nc(N[C@H]5CC[C@@]6(CCO6)CC5)ncc34)cc2n1CC(F)F. The first-order valence-corrected chi connectivity index (χ1v) is 11.4. The molecule has 0 aromatic carbocycles. The molecule has 1 aliphatic heterocycles. The van der Waals surface area contributed by atoms with Crippen molar-refractivity contribution in [3.05, 3.63) is 30.5 Å². The molecule has 172 valence electrons. The van der Waals surface area contributed by atoms with E-state index in [2.05, 4.69) is 30.2 Å². The second-order valence-electron chi connectivity index (χ2n) is 9.09. The molecular weight excluding hydrogens is 428 g/mol. The third kappa shape index (κ3) is 3.62. The summed E-state index contributed by atoms with van der Waals surface area (Å²) in [6.07, 6.45) is 8.32. The molecule has 0 atom stereocenters. The van der Waals surface area contributed by atoms with Crippen molar-refractivity contribution in [1.82, 2.24) is 29.5 Å². The van der Waals surface area contributed by atoms with Crippen LogP contribution in [0.2, 0.25) is 0 Å². The smallest absolute Gasteiger partial charge is 0.256 e. The van der Waals surface area contributed by atoms with Crippen LogP contribution in [0.1, 0.15) is 37.9 Å². The van der Waals surface area contributed by atoms with Crippen LogP contribution in [0.25, 0.3) is 33.3 Å². The number of aryl methyl sites for hydroxylation is 1. The van der Waals surface area contributed by atoms with E-state index in [1.165, 1.54) is 11.0 Å². The van der Waals surface area contributed by atoms with Gasteiger partial charge in [0.05, 0.1) is 24.3 Å². The maximum absolute atomic E-state index is 13.1. The third-order valence-corrected chi connectivity index (χ3v) is 7.06. The number of aromatic amines is 1. The van der Waals surface area contributed by atoms with Gasteiger partial charge in [-0.05, 0) is 45.1 Å². The van der Waals surface area contributed by atoms with Gasteiger partial charge in [0.15, 0.2) is 5.65 Å². The van der Waals surface area contributed by atoms with Crippen LogP contribution in [-0.2, 0) is 11.3 Å². The summed E-state index contributed by atoms with van der Waals surface area (Å²) < 4.78 is 33.4. The van der Waals surface area contributed by atoms with Gasteiger partial charge < -0.3 is 19.6 Å². The first kappa shape index (κ1) is 20.5. The quantitative estimate of drug-likeness (QED) is 0.464. The predicted molar refractivity (Wildman–Crippen MR) is 120 cm³/mol. The Morgan fingerprint density at radius 3 is 2.76 bits per heavy atom. The van der Waals surface area contributed by atoms with Crippen molar-refractivity contribution in [3.63, 3.8) is 0 Å². The molecule has 2 fully saturated rings. The highest BCUT2D eigenvalue weighted by molar-refractivity contribution is 5.95. The van der Waals surface area contributed by atoms with Crippen molar-refractivity contribution in [1.29, 1.82) is 0 Å². The number of pyridine rings is 1. The Bertz CT molecular complexity index is 1320. The minimum atomic E-state index is -2.46. The van der Waals surface area contributed by atoms with Gasteiger partial charge in [0.25, 0.3) is 6.43 Å². The number of nitrogens with one attached hydrogen (secondary N) is 2. The van der Waals surface area contributed by atoms with Gasteiger partial charge in [0.2, 0.25) is 5.95 Å². The molecule has 0 radical (unpaired) electrons. The highest BCUT2D eigenvalue weighted by Gasteiger charge is 2.41. The Kier molecular flexibility index (Phi) is 4.79. The van der Waals surface area contributed by atoms with E-state index in [0.717, 1.165) is 54.5 Å². The van der Waals surface area contributed by atoms with Crippen molar-refractivity contribution in [2.45, 2.75) is 63.6 Å². The van der Waals surface area contributed by atoms with E-state index in [0.29, 0.717) is 29.0 Å². The van der Waals surface area contributed by atoms with Gasteiger partial charge >= 0.3 is 0 Å². The zero-order valence-electron chi connectivity index (χ0n) is 18.3. The highest BCUT2D eigenvalue weighted by Crippen LogP contribution is 2.41. The largest absolute Gasteiger partial charge is 0.375 e. The zero-order chi connectivity index (χ0) is 22.6. The van der Waals surface area contributed by atoms with Crippen molar-refractivity contribution < 1.29 is 13.5 Å². The number of anilines is 1. The molecule has 1 aliphatic carbocycles. The van der Waals surface area contributed by atoms with Gasteiger partial charge in [-0.25, -0.2) is 23.7 Å². The molecule has 5 heterocycles. The van der Waals surface area contributed by atoms with Crippen molar-refractivity contribution >= 4 is 28.1 Å². The number of halogens is 2. The molecule has 1 spiro atoms. The van der Waals surface area contributed by atoms with Gasteiger partial charge in [0, 0.05) is 41.1 Å². The van der Waals surface area contributed by atoms with Gasteiger partial charge in [-0.15, -0.1) is 0 Å². The van der Waals surface area contributed by atoms with Crippen LogP contribution in [0.15, 0.2) is 24.7 Å². The summed E-state index contributed by atoms with van der Waals surface area (Å²) in [4.78, 5) is 21.1. The molecule has 6 rings (SSSR count). The molecule has 2 aliphatic rings. The van der Waals surface area contributed by atoms with Crippen molar-refractivity contribution in [2.75, 3.05) is 11.9 Å². The second kappa shape index (κ2) is 7.72. The van der Waals surface area contributed by atoms with E-state index in [9.17, 15) is 8.78 Å². The first-order valence-electron chi connectivity index (χ1n) is 11.4. The molecule has 8 nitrogen and oxygen atoms in total. The summed E-state index contributed by atoms with van der Waals surface area (Å²) in [5.74, 6) is 1.12. The molecule has 0 bridgehead atoms. The van der Waals surface area contributed by atoms with Crippen LogP contribution in [-0.4, -0.2) is 54.2 Å². The van der Waals surface area contributed by atoms with Crippen LogP contribution in [0.3, 0.4) is 0 Å². The predicted octanol–water partition coefficient (Wildman–Crippen LogP) is 4.46. The lowest BCUT2D eigenvalue weighted by atomic mass is 9.77. The van der Waals surface area contributed by atoms with Crippen LogP contribution in [0, 0.1) is 6.92 Å². The fourth-order valence-electron chi connectivity index (χ4n) is 5.11. The lowest BCUT2D eigenvalue weighted by molar-refractivity contribution is -0.165.